The molecule has 2 heterocycles. The van der Waals surface area contributed by atoms with E-state index in [1.54, 1.807) is 11.3 Å². The lowest BCUT2D eigenvalue weighted by molar-refractivity contribution is 1.18. The van der Waals surface area contributed by atoms with Gasteiger partial charge in [-0.1, -0.05) is 34.1 Å². The fraction of sp³-hybridized carbons (Fsp3) is 0. The Balaban J connectivity index is 2.18. The molecule has 0 aliphatic heterocycles. The fourth-order valence-electron chi connectivity index (χ4n) is 2.59. The van der Waals surface area contributed by atoms with Gasteiger partial charge in [0.1, 0.15) is 4.83 Å². The van der Waals surface area contributed by atoms with E-state index in [0.717, 1.165) is 8.95 Å². The van der Waals surface area contributed by atoms with Crippen LogP contribution in [0.25, 0.3) is 26.8 Å². The SMILES string of the molecule is Brc1ccc(-n2c3ccccc3c3ccsc32)c(Br)c1. The molecule has 0 N–H and O–H groups in total. The number of halogens is 2. The van der Waals surface area contributed by atoms with Crippen LogP contribution in [-0.4, -0.2) is 4.57 Å². The molecule has 98 valence electrons. The fourth-order valence-corrected chi connectivity index (χ4v) is 4.75. The van der Waals surface area contributed by atoms with E-state index >= 15 is 0 Å². The summed E-state index contributed by atoms with van der Waals surface area (Å²) in [6.45, 7) is 0. The summed E-state index contributed by atoms with van der Waals surface area (Å²) in [6.07, 6.45) is 0. The van der Waals surface area contributed by atoms with Crippen molar-refractivity contribution in [2.45, 2.75) is 0 Å². The van der Waals surface area contributed by atoms with Gasteiger partial charge in [-0.2, -0.15) is 0 Å². The number of fused-ring (bicyclic) bond motifs is 3. The van der Waals surface area contributed by atoms with Crippen LogP contribution < -0.4 is 0 Å². The number of thiophene rings is 1. The third kappa shape index (κ3) is 1.79. The van der Waals surface area contributed by atoms with Gasteiger partial charge in [-0.25, -0.2) is 0 Å². The Morgan fingerprint density at radius 1 is 0.900 bits per heavy atom. The van der Waals surface area contributed by atoms with Crippen molar-refractivity contribution in [1.29, 1.82) is 0 Å². The smallest absolute Gasteiger partial charge is 0.108 e. The molecule has 4 heteroatoms. The highest BCUT2D eigenvalue weighted by Crippen LogP contribution is 2.37. The number of benzene rings is 2. The molecule has 4 rings (SSSR count). The van der Waals surface area contributed by atoms with Gasteiger partial charge in [0.2, 0.25) is 0 Å². The Hall–Kier alpha value is -1.10. The van der Waals surface area contributed by atoms with Gasteiger partial charge in [-0.3, -0.25) is 4.57 Å². The van der Waals surface area contributed by atoms with Crippen LogP contribution in [0.4, 0.5) is 0 Å². The summed E-state index contributed by atoms with van der Waals surface area (Å²) in [6, 6.07) is 17.1. The van der Waals surface area contributed by atoms with Crippen molar-refractivity contribution in [1.82, 2.24) is 4.57 Å². The summed E-state index contributed by atoms with van der Waals surface area (Å²) < 4.78 is 4.49. The molecule has 0 saturated carbocycles. The van der Waals surface area contributed by atoms with Gasteiger partial charge in [0.15, 0.2) is 0 Å². The van der Waals surface area contributed by atoms with E-state index in [-0.39, 0.29) is 0 Å². The molecule has 2 aromatic carbocycles. The van der Waals surface area contributed by atoms with Crippen molar-refractivity contribution in [3.8, 4) is 5.69 Å². The monoisotopic (exact) mass is 405 g/mol. The lowest BCUT2D eigenvalue weighted by atomic mass is 10.2. The molecule has 0 fully saturated rings. The Morgan fingerprint density at radius 3 is 2.60 bits per heavy atom. The van der Waals surface area contributed by atoms with Crippen LogP contribution in [0.15, 0.2) is 62.9 Å². The summed E-state index contributed by atoms with van der Waals surface area (Å²) in [5.74, 6) is 0. The van der Waals surface area contributed by atoms with Crippen LogP contribution in [0.2, 0.25) is 0 Å². The van der Waals surface area contributed by atoms with Gasteiger partial charge in [0.25, 0.3) is 0 Å². The standard InChI is InChI=1S/C16H9Br2NS/c17-10-5-6-15(13(18)9-10)19-14-4-2-1-3-11(14)12-7-8-20-16(12)19/h1-9H. The van der Waals surface area contributed by atoms with E-state index in [1.165, 1.54) is 26.8 Å². The molecule has 20 heavy (non-hydrogen) atoms. The third-order valence-electron chi connectivity index (χ3n) is 3.43. The lowest BCUT2D eigenvalue weighted by Gasteiger charge is -2.09. The molecule has 0 radical (unpaired) electrons. The number of nitrogens with zero attached hydrogens (tertiary/aromatic N) is 1. The second kappa shape index (κ2) is 4.72. The number of aromatic nitrogens is 1. The Labute approximate surface area is 137 Å². The normalized spacial score (nSPS) is 11.5. The second-order valence-electron chi connectivity index (χ2n) is 4.59. The minimum Gasteiger partial charge on any atom is -0.300 e. The molecule has 0 saturated heterocycles. The molecule has 0 aliphatic rings. The quantitative estimate of drug-likeness (QED) is 0.346. The van der Waals surface area contributed by atoms with E-state index in [0.29, 0.717) is 0 Å². The third-order valence-corrected chi connectivity index (χ3v) is 5.46. The Kier molecular flexibility index (Phi) is 2.98. The van der Waals surface area contributed by atoms with Gasteiger partial charge >= 0.3 is 0 Å². The molecule has 0 amide bonds. The molecule has 4 aromatic rings. The molecule has 1 nitrogen and oxygen atoms in total. The van der Waals surface area contributed by atoms with Crippen molar-refractivity contribution < 1.29 is 0 Å². The zero-order valence-electron chi connectivity index (χ0n) is 10.3. The lowest BCUT2D eigenvalue weighted by Crippen LogP contribution is -1.93. The van der Waals surface area contributed by atoms with Gasteiger partial charge in [-0.05, 0) is 51.6 Å². The molecular formula is C16H9Br2NS. The molecule has 0 atom stereocenters. The molecule has 0 bridgehead atoms. The number of rotatable bonds is 1. The molecule has 0 spiro atoms. The predicted molar refractivity (Wildman–Crippen MR) is 94.1 cm³/mol. The molecular weight excluding hydrogens is 398 g/mol. The maximum Gasteiger partial charge on any atom is 0.108 e. The van der Waals surface area contributed by atoms with Gasteiger partial charge in [0.05, 0.1) is 11.2 Å². The van der Waals surface area contributed by atoms with Gasteiger partial charge in [0, 0.05) is 19.7 Å². The molecule has 2 aromatic heterocycles. The average molecular weight is 407 g/mol. The first-order valence-corrected chi connectivity index (χ1v) is 8.64. The highest BCUT2D eigenvalue weighted by molar-refractivity contribution is 9.11. The summed E-state index contributed by atoms with van der Waals surface area (Å²) in [5, 5.41) is 4.78. The topological polar surface area (TPSA) is 4.93 Å². The first-order valence-electron chi connectivity index (χ1n) is 6.18. The number of hydrogen-bond donors (Lipinski definition) is 0. The van der Waals surface area contributed by atoms with Gasteiger partial charge in [-0.15, -0.1) is 11.3 Å². The number of hydrogen-bond acceptors (Lipinski definition) is 1. The van der Waals surface area contributed by atoms with Crippen molar-refractivity contribution in [3.05, 3.63) is 62.9 Å². The van der Waals surface area contributed by atoms with Crippen LogP contribution in [0, 0.1) is 0 Å². The Morgan fingerprint density at radius 2 is 1.75 bits per heavy atom. The van der Waals surface area contributed by atoms with Gasteiger partial charge < -0.3 is 0 Å². The van der Waals surface area contributed by atoms with E-state index < -0.39 is 0 Å². The second-order valence-corrected chi connectivity index (χ2v) is 7.25. The van der Waals surface area contributed by atoms with Crippen molar-refractivity contribution in [2.24, 2.45) is 0 Å². The summed E-state index contributed by atoms with van der Waals surface area (Å²) in [4.78, 5) is 1.29. The van der Waals surface area contributed by atoms with Crippen LogP contribution in [0.3, 0.4) is 0 Å². The van der Waals surface area contributed by atoms with Crippen molar-refractivity contribution in [3.63, 3.8) is 0 Å². The minimum atomic E-state index is 1.08. The Bertz CT molecular complexity index is 936. The number of para-hydroxylation sites is 1. The van der Waals surface area contributed by atoms with Crippen molar-refractivity contribution in [2.75, 3.05) is 0 Å². The maximum atomic E-state index is 3.68. The van der Waals surface area contributed by atoms with Crippen LogP contribution in [-0.2, 0) is 0 Å². The summed E-state index contributed by atoms with van der Waals surface area (Å²) >= 11 is 8.97. The summed E-state index contributed by atoms with van der Waals surface area (Å²) in [7, 11) is 0. The average Bonchev–Trinajstić information content (AvgIpc) is 3.00. The molecule has 0 unspecified atom stereocenters. The van der Waals surface area contributed by atoms with E-state index in [2.05, 4.69) is 90.3 Å². The zero-order valence-corrected chi connectivity index (χ0v) is 14.3. The first kappa shape index (κ1) is 12.6. The highest BCUT2D eigenvalue weighted by atomic mass is 79.9. The van der Waals surface area contributed by atoms with E-state index in [1.807, 2.05) is 0 Å². The zero-order chi connectivity index (χ0) is 13.7. The van der Waals surface area contributed by atoms with Crippen LogP contribution >= 0.6 is 43.2 Å². The van der Waals surface area contributed by atoms with E-state index in [9.17, 15) is 0 Å². The molecule has 0 aliphatic carbocycles. The maximum absolute atomic E-state index is 3.68. The highest BCUT2D eigenvalue weighted by Gasteiger charge is 2.14. The summed E-state index contributed by atoms with van der Waals surface area (Å²) in [5.41, 5.74) is 2.42. The van der Waals surface area contributed by atoms with Crippen LogP contribution in [0.5, 0.6) is 0 Å². The predicted octanol–water partition coefficient (Wildman–Crippen LogP) is 6.37. The minimum absolute atomic E-state index is 1.08. The largest absolute Gasteiger partial charge is 0.300 e. The van der Waals surface area contributed by atoms with E-state index in [4.69, 9.17) is 0 Å². The first-order chi connectivity index (χ1) is 9.75. The van der Waals surface area contributed by atoms with Crippen molar-refractivity contribution >= 4 is 64.3 Å². The van der Waals surface area contributed by atoms with Crippen LogP contribution in [0.1, 0.15) is 0 Å².